The highest BCUT2D eigenvalue weighted by Crippen LogP contribution is 2.26. The highest BCUT2D eigenvalue weighted by Gasteiger charge is 2.31. The number of hydrogen-bond donors (Lipinski definition) is 1. The van der Waals surface area contributed by atoms with Crippen molar-refractivity contribution in [2.45, 2.75) is 38.6 Å². The number of piperidine rings is 1. The summed E-state index contributed by atoms with van der Waals surface area (Å²) in [7, 11) is 0. The molecule has 2 aromatic rings. The number of aliphatic hydroxyl groups is 1. The van der Waals surface area contributed by atoms with Gasteiger partial charge in [0.25, 0.3) is 5.91 Å². The molecule has 0 bridgehead atoms. The fourth-order valence-corrected chi connectivity index (χ4v) is 3.33. The van der Waals surface area contributed by atoms with Crippen LogP contribution in [0.3, 0.4) is 0 Å². The molecule has 6 nitrogen and oxygen atoms in total. The highest BCUT2D eigenvalue weighted by molar-refractivity contribution is 5.95. The van der Waals surface area contributed by atoms with Crippen molar-refractivity contribution in [3.8, 4) is 11.4 Å². The number of aromatic nitrogens is 2. The minimum absolute atomic E-state index is 0.0719. The maximum absolute atomic E-state index is 13.1. The smallest absolute Gasteiger partial charge is 0.278 e. The lowest BCUT2D eigenvalue weighted by Gasteiger charge is -2.35. The maximum Gasteiger partial charge on any atom is 0.278 e. The van der Waals surface area contributed by atoms with Gasteiger partial charge in [-0.1, -0.05) is 18.2 Å². The van der Waals surface area contributed by atoms with Crippen molar-refractivity contribution in [1.29, 1.82) is 0 Å². The van der Waals surface area contributed by atoms with Crippen LogP contribution in [0.15, 0.2) is 36.5 Å². The Kier molecular flexibility index (Phi) is 5.71. The van der Waals surface area contributed by atoms with Crippen molar-refractivity contribution in [3.05, 3.63) is 42.2 Å². The van der Waals surface area contributed by atoms with Crippen LogP contribution in [0.25, 0.3) is 5.69 Å². The highest BCUT2D eigenvalue weighted by atomic mass is 16.5. The third kappa shape index (κ3) is 3.85. The van der Waals surface area contributed by atoms with Crippen LogP contribution in [-0.2, 0) is 0 Å². The molecule has 1 aliphatic heterocycles. The van der Waals surface area contributed by atoms with Crippen molar-refractivity contribution >= 4 is 5.91 Å². The largest absolute Gasteiger partial charge is 0.490 e. The molecule has 1 aromatic carbocycles. The quantitative estimate of drug-likeness (QED) is 0.875. The SMILES string of the molecule is CCOc1cn(-c2ccccc2)nc1C(=O)N1CCCCC1CCO. The summed E-state index contributed by atoms with van der Waals surface area (Å²) >= 11 is 0. The van der Waals surface area contributed by atoms with E-state index in [1.54, 1.807) is 10.9 Å². The van der Waals surface area contributed by atoms with Gasteiger partial charge in [0.05, 0.1) is 18.5 Å². The Labute approximate surface area is 148 Å². The van der Waals surface area contributed by atoms with Crippen LogP contribution >= 0.6 is 0 Å². The fraction of sp³-hybridized carbons (Fsp3) is 0.474. The maximum atomic E-state index is 13.1. The van der Waals surface area contributed by atoms with E-state index < -0.39 is 0 Å². The topological polar surface area (TPSA) is 67.6 Å². The van der Waals surface area contributed by atoms with E-state index in [0.29, 0.717) is 31.0 Å². The molecule has 2 heterocycles. The molecule has 0 saturated carbocycles. The van der Waals surface area contributed by atoms with Crippen LogP contribution in [0, 0.1) is 0 Å². The van der Waals surface area contributed by atoms with E-state index in [0.717, 1.165) is 24.9 Å². The zero-order chi connectivity index (χ0) is 17.6. The Morgan fingerprint density at radius 1 is 1.32 bits per heavy atom. The monoisotopic (exact) mass is 343 g/mol. The van der Waals surface area contributed by atoms with Gasteiger partial charge in [-0.2, -0.15) is 5.10 Å². The molecular weight excluding hydrogens is 318 g/mol. The third-order valence-corrected chi connectivity index (χ3v) is 4.55. The fourth-order valence-electron chi connectivity index (χ4n) is 3.33. The summed E-state index contributed by atoms with van der Waals surface area (Å²) < 4.78 is 7.35. The summed E-state index contributed by atoms with van der Waals surface area (Å²) in [6.45, 7) is 3.16. The standard InChI is InChI=1S/C19H25N3O3/c1-2-25-17-14-22(16-9-4-3-5-10-16)20-18(17)19(24)21-12-7-6-8-15(21)11-13-23/h3-5,9-10,14-15,23H,2,6-8,11-13H2,1H3. The van der Waals surface area contributed by atoms with Crippen LogP contribution in [-0.4, -0.2) is 51.5 Å². The summed E-state index contributed by atoms with van der Waals surface area (Å²) in [6, 6.07) is 9.75. The number of carbonyl (C=O) groups is 1. The second-order valence-electron chi connectivity index (χ2n) is 6.22. The van der Waals surface area contributed by atoms with E-state index in [2.05, 4.69) is 5.10 Å². The molecule has 0 radical (unpaired) electrons. The number of amides is 1. The first kappa shape index (κ1) is 17.5. The summed E-state index contributed by atoms with van der Waals surface area (Å²) in [5.41, 5.74) is 1.23. The number of para-hydroxylation sites is 1. The number of benzene rings is 1. The minimum atomic E-state index is -0.115. The molecule has 1 amide bonds. The van der Waals surface area contributed by atoms with Gasteiger partial charge in [0.2, 0.25) is 0 Å². The van der Waals surface area contributed by atoms with Crippen molar-refractivity contribution in [1.82, 2.24) is 14.7 Å². The first-order chi connectivity index (χ1) is 12.2. The number of aliphatic hydroxyl groups excluding tert-OH is 1. The van der Waals surface area contributed by atoms with Gasteiger partial charge >= 0.3 is 0 Å². The average Bonchev–Trinajstić information content (AvgIpc) is 3.07. The third-order valence-electron chi connectivity index (χ3n) is 4.55. The van der Waals surface area contributed by atoms with Crippen molar-refractivity contribution in [2.24, 2.45) is 0 Å². The van der Waals surface area contributed by atoms with Gasteiger partial charge in [-0.25, -0.2) is 4.68 Å². The molecule has 1 unspecified atom stereocenters. The Morgan fingerprint density at radius 2 is 2.12 bits per heavy atom. The van der Waals surface area contributed by atoms with Crippen LogP contribution in [0.1, 0.15) is 43.1 Å². The van der Waals surface area contributed by atoms with Crippen molar-refractivity contribution in [2.75, 3.05) is 19.8 Å². The van der Waals surface area contributed by atoms with Crippen molar-refractivity contribution < 1.29 is 14.6 Å². The van der Waals surface area contributed by atoms with Gasteiger partial charge in [0, 0.05) is 19.2 Å². The Morgan fingerprint density at radius 3 is 2.84 bits per heavy atom. The molecule has 1 N–H and O–H groups in total. The molecular formula is C19H25N3O3. The lowest BCUT2D eigenvalue weighted by atomic mass is 9.99. The Balaban J connectivity index is 1.91. The molecule has 1 fully saturated rings. The molecule has 1 saturated heterocycles. The first-order valence-corrected chi connectivity index (χ1v) is 8.94. The lowest BCUT2D eigenvalue weighted by Crippen LogP contribution is -2.44. The van der Waals surface area contributed by atoms with E-state index in [4.69, 9.17) is 4.74 Å². The number of carbonyl (C=O) groups excluding carboxylic acids is 1. The molecule has 0 spiro atoms. The van der Waals surface area contributed by atoms with Crippen molar-refractivity contribution in [3.63, 3.8) is 0 Å². The second-order valence-corrected chi connectivity index (χ2v) is 6.22. The number of nitrogens with zero attached hydrogens (tertiary/aromatic N) is 3. The van der Waals surface area contributed by atoms with Crippen LogP contribution in [0.5, 0.6) is 5.75 Å². The van der Waals surface area contributed by atoms with Gasteiger partial charge in [-0.15, -0.1) is 0 Å². The second kappa shape index (κ2) is 8.16. The van der Waals surface area contributed by atoms with Crippen LogP contribution < -0.4 is 4.74 Å². The number of hydrogen-bond acceptors (Lipinski definition) is 4. The predicted octanol–water partition coefficient (Wildman–Crippen LogP) is 2.65. The molecule has 1 atom stereocenters. The van der Waals surface area contributed by atoms with Crippen LogP contribution in [0.4, 0.5) is 0 Å². The van der Waals surface area contributed by atoms with Gasteiger partial charge in [0.15, 0.2) is 11.4 Å². The molecule has 1 aromatic heterocycles. The average molecular weight is 343 g/mol. The summed E-state index contributed by atoms with van der Waals surface area (Å²) in [4.78, 5) is 15.0. The number of likely N-dealkylation sites (tertiary alicyclic amines) is 1. The predicted molar refractivity (Wildman–Crippen MR) is 95.1 cm³/mol. The van der Waals surface area contributed by atoms with Gasteiger partial charge in [-0.05, 0) is 44.7 Å². The van der Waals surface area contributed by atoms with E-state index in [-0.39, 0.29) is 18.6 Å². The summed E-state index contributed by atoms with van der Waals surface area (Å²) in [5.74, 6) is 0.390. The normalized spacial score (nSPS) is 17.5. The zero-order valence-electron chi connectivity index (χ0n) is 14.6. The molecule has 3 rings (SSSR count). The molecule has 6 heteroatoms. The van der Waals surface area contributed by atoms with Gasteiger partial charge in [-0.3, -0.25) is 4.79 Å². The lowest BCUT2D eigenvalue weighted by molar-refractivity contribution is 0.0564. The summed E-state index contributed by atoms with van der Waals surface area (Å²) in [6.07, 6.45) is 5.37. The molecule has 25 heavy (non-hydrogen) atoms. The Hall–Kier alpha value is -2.34. The Bertz CT molecular complexity index is 697. The van der Waals surface area contributed by atoms with E-state index in [1.165, 1.54) is 0 Å². The minimum Gasteiger partial charge on any atom is -0.490 e. The first-order valence-electron chi connectivity index (χ1n) is 8.94. The van der Waals surface area contributed by atoms with E-state index in [1.807, 2.05) is 42.2 Å². The number of rotatable bonds is 6. The van der Waals surface area contributed by atoms with Gasteiger partial charge < -0.3 is 14.7 Å². The summed E-state index contributed by atoms with van der Waals surface area (Å²) in [5, 5.41) is 13.8. The molecule has 134 valence electrons. The van der Waals surface area contributed by atoms with E-state index in [9.17, 15) is 9.90 Å². The van der Waals surface area contributed by atoms with Gasteiger partial charge in [0.1, 0.15) is 0 Å². The molecule has 0 aliphatic carbocycles. The van der Waals surface area contributed by atoms with E-state index >= 15 is 0 Å². The zero-order valence-corrected chi connectivity index (χ0v) is 14.6. The number of ether oxygens (including phenoxy) is 1. The molecule has 1 aliphatic rings. The van der Waals surface area contributed by atoms with Crippen LogP contribution in [0.2, 0.25) is 0 Å².